The molecule has 0 saturated heterocycles. The van der Waals surface area contributed by atoms with Crippen molar-refractivity contribution < 1.29 is 34.5 Å². The molecule has 0 bridgehead atoms. The summed E-state index contributed by atoms with van der Waals surface area (Å²) < 4.78 is 0. The van der Waals surface area contributed by atoms with Crippen LogP contribution in [0.4, 0.5) is 0 Å². The number of aliphatic imine (C=N–C) groups is 1. The number of hydrogen-bond acceptors (Lipinski definition) is 8. The fourth-order valence-electron chi connectivity index (χ4n) is 2.12. The third-order valence-electron chi connectivity index (χ3n) is 3.95. The SMILES string of the molecule is CC(NC(=O)C(CO)NC(=O)C(N)C(C)O)C(=O)NC(CCCN=C(N)N)C(=O)O. The number of carboxylic acid groups (broad SMARTS) is 1. The predicted molar refractivity (Wildman–Crippen MR) is 106 cm³/mol. The van der Waals surface area contributed by atoms with Crippen LogP contribution in [0, 0.1) is 0 Å². The summed E-state index contributed by atoms with van der Waals surface area (Å²) in [7, 11) is 0. The van der Waals surface area contributed by atoms with E-state index in [2.05, 4.69) is 20.9 Å². The third-order valence-corrected chi connectivity index (χ3v) is 3.95. The van der Waals surface area contributed by atoms with Crippen LogP contribution in [0.15, 0.2) is 4.99 Å². The molecule has 0 radical (unpaired) electrons. The highest BCUT2D eigenvalue weighted by Crippen LogP contribution is 2.00. The Bertz CT molecular complexity index is 637. The number of rotatable bonds is 13. The van der Waals surface area contributed by atoms with Crippen LogP contribution in [0.2, 0.25) is 0 Å². The first-order chi connectivity index (χ1) is 13.9. The maximum Gasteiger partial charge on any atom is 0.326 e. The normalized spacial score (nSPS) is 15.6. The Kier molecular flexibility index (Phi) is 12.0. The van der Waals surface area contributed by atoms with Gasteiger partial charge in [0.05, 0.1) is 12.7 Å². The van der Waals surface area contributed by atoms with E-state index in [0.29, 0.717) is 0 Å². The van der Waals surface area contributed by atoms with Crippen LogP contribution in [0.3, 0.4) is 0 Å². The van der Waals surface area contributed by atoms with Crippen LogP contribution in [-0.4, -0.2) is 88.4 Å². The first kappa shape index (κ1) is 27.0. The summed E-state index contributed by atoms with van der Waals surface area (Å²) >= 11 is 0. The van der Waals surface area contributed by atoms with Gasteiger partial charge < -0.3 is 48.5 Å². The molecular formula is C16H31N7O7. The second-order valence-corrected chi connectivity index (χ2v) is 6.59. The van der Waals surface area contributed by atoms with Crippen LogP contribution in [0.5, 0.6) is 0 Å². The molecular weight excluding hydrogens is 402 g/mol. The van der Waals surface area contributed by atoms with Crippen LogP contribution in [0.25, 0.3) is 0 Å². The molecule has 14 nitrogen and oxygen atoms in total. The molecule has 0 aliphatic heterocycles. The molecule has 0 fully saturated rings. The Morgan fingerprint density at radius 3 is 2.00 bits per heavy atom. The topological polar surface area (TPSA) is 255 Å². The smallest absolute Gasteiger partial charge is 0.326 e. The van der Waals surface area contributed by atoms with Gasteiger partial charge in [-0.15, -0.1) is 0 Å². The van der Waals surface area contributed by atoms with Gasteiger partial charge >= 0.3 is 5.97 Å². The number of guanidine groups is 1. The van der Waals surface area contributed by atoms with Gasteiger partial charge in [-0.3, -0.25) is 19.4 Å². The monoisotopic (exact) mass is 433 g/mol. The van der Waals surface area contributed by atoms with E-state index >= 15 is 0 Å². The maximum atomic E-state index is 12.2. The molecule has 0 saturated carbocycles. The second kappa shape index (κ2) is 13.3. The number of carbonyl (C=O) groups excluding carboxylic acids is 3. The van der Waals surface area contributed by atoms with Crippen LogP contribution < -0.4 is 33.2 Å². The Hall–Kier alpha value is -2.97. The summed E-state index contributed by atoms with van der Waals surface area (Å²) in [5.41, 5.74) is 15.8. The van der Waals surface area contributed by atoms with Crippen LogP contribution in [0.1, 0.15) is 26.7 Å². The second-order valence-electron chi connectivity index (χ2n) is 6.59. The summed E-state index contributed by atoms with van der Waals surface area (Å²) in [6, 6.07) is -5.15. The van der Waals surface area contributed by atoms with Crippen molar-refractivity contribution in [3.63, 3.8) is 0 Å². The number of amides is 3. The number of nitrogens with one attached hydrogen (secondary N) is 3. The van der Waals surface area contributed by atoms with Gasteiger partial charge in [0.15, 0.2) is 5.96 Å². The van der Waals surface area contributed by atoms with Crippen molar-refractivity contribution >= 4 is 29.7 Å². The van der Waals surface area contributed by atoms with E-state index in [0.717, 1.165) is 0 Å². The standard InChI is InChI=1S/C16H31N7O7/c1-7(12(26)22-9(15(29)30)4-3-5-20-16(18)19)21-13(27)10(6-24)23-14(28)11(17)8(2)25/h7-11,24-25H,3-6,17H2,1-2H3,(H,21,27)(H,22,26)(H,23,28)(H,29,30)(H4,18,19,20). The Morgan fingerprint density at radius 1 is 0.967 bits per heavy atom. The molecule has 0 aromatic carbocycles. The molecule has 0 aromatic heterocycles. The minimum atomic E-state index is -1.42. The summed E-state index contributed by atoms with van der Waals surface area (Å²) in [5, 5.41) is 34.5. The zero-order valence-electron chi connectivity index (χ0n) is 16.9. The van der Waals surface area contributed by atoms with Gasteiger partial charge in [0, 0.05) is 6.54 Å². The number of carbonyl (C=O) groups is 4. The fourth-order valence-corrected chi connectivity index (χ4v) is 2.12. The average Bonchev–Trinajstić information content (AvgIpc) is 2.66. The molecule has 0 aromatic rings. The first-order valence-corrected chi connectivity index (χ1v) is 9.14. The number of nitrogens with zero attached hydrogens (tertiary/aromatic N) is 1. The van der Waals surface area contributed by atoms with Crippen LogP contribution >= 0.6 is 0 Å². The lowest BCUT2D eigenvalue weighted by molar-refractivity contribution is -0.142. The van der Waals surface area contributed by atoms with Crippen molar-refractivity contribution in [2.24, 2.45) is 22.2 Å². The van der Waals surface area contributed by atoms with E-state index in [9.17, 15) is 34.5 Å². The first-order valence-electron chi connectivity index (χ1n) is 9.14. The number of carboxylic acids is 1. The predicted octanol–water partition coefficient (Wildman–Crippen LogP) is -4.70. The Labute approximate surface area is 173 Å². The summed E-state index contributed by atoms with van der Waals surface area (Å²) in [6.45, 7) is 1.96. The lowest BCUT2D eigenvalue weighted by atomic mass is 10.1. The average molecular weight is 433 g/mol. The highest BCUT2D eigenvalue weighted by atomic mass is 16.4. The zero-order chi connectivity index (χ0) is 23.4. The highest BCUT2D eigenvalue weighted by molar-refractivity contribution is 5.94. The molecule has 0 aliphatic carbocycles. The lowest BCUT2D eigenvalue weighted by Crippen LogP contribution is -2.58. The zero-order valence-corrected chi connectivity index (χ0v) is 16.9. The van der Waals surface area contributed by atoms with Crippen molar-refractivity contribution in [2.45, 2.75) is 57.0 Å². The summed E-state index contributed by atoms with van der Waals surface area (Å²) in [6.07, 6.45) is -0.847. The van der Waals surface area contributed by atoms with Gasteiger partial charge in [-0.05, 0) is 26.7 Å². The van der Waals surface area contributed by atoms with Crippen molar-refractivity contribution in [1.29, 1.82) is 0 Å². The van der Waals surface area contributed by atoms with E-state index in [1.807, 2.05) is 0 Å². The minimum Gasteiger partial charge on any atom is -0.480 e. The Morgan fingerprint density at radius 2 is 1.53 bits per heavy atom. The quantitative estimate of drug-likeness (QED) is 0.0761. The minimum absolute atomic E-state index is 0.0467. The molecule has 30 heavy (non-hydrogen) atoms. The summed E-state index contributed by atoms with van der Waals surface area (Å²) in [4.78, 5) is 51.2. The van der Waals surface area contributed by atoms with Gasteiger partial charge in [-0.25, -0.2) is 4.79 Å². The fraction of sp³-hybridized carbons (Fsp3) is 0.688. The number of hydrogen-bond donors (Lipinski definition) is 9. The van der Waals surface area contributed by atoms with Crippen molar-refractivity contribution in [1.82, 2.24) is 16.0 Å². The molecule has 12 N–H and O–H groups in total. The van der Waals surface area contributed by atoms with Gasteiger partial charge in [0.2, 0.25) is 17.7 Å². The van der Waals surface area contributed by atoms with Gasteiger partial charge in [-0.2, -0.15) is 0 Å². The van der Waals surface area contributed by atoms with E-state index in [1.165, 1.54) is 13.8 Å². The van der Waals surface area contributed by atoms with E-state index < -0.39 is 60.6 Å². The molecule has 0 spiro atoms. The van der Waals surface area contributed by atoms with Crippen molar-refractivity contribution in [3.05, 3.63) is 0 Å². The van der Waals surface area contributed by atoms with Gasteiger partial charge in [-0.1, -0.05) is 0 Å². The van der Waals surface area contributed by atoms with Crippen molar-refractivity contribution in [3.8, 4) is 0 Å². The van der Waals surface area contributed by atoms with E-state index in [-0.39, 0.29) is 25.3 Å². The highest BCUT2D eigenvalue weighted by Gasteiger charge is 2.28. The third kappa shape index (κ3) is 9.99. The molecule has 0 aliphatic rings. The Balaban J connectivity index is 4.79. The molecule has 5 unspecified atom stereocenters. The van der Waals surface area contributed by atoms with Gasteiger partial charge in [0.25, 0.3) is 0 Å². The van der Waals surface area contributed by atoms with E-state index in [4.69, 9.17) is 17.2 Å². The summed E-state index contributed by atoms with van der Waals surface area (Å²) in [5.74, 6) is -3.98. The largest absolute Gasteiger partial charge is 0.480 e. The lowest BCUT2D eigenvalue weighted by Gasteiger charge is -2.23. The maximum absolute atomic E-state index is 12.2. The molecule has 0 rings (SSSR count). The molecule has 14 heteroatoms. The molecule has 5 atom stereocenters. The van der Waals surface area contributed by atoms with Gasteiger partial charge in [0.1, 0.15) is 24.2 Å². The number of aliphatic hydroxyl groups excluding tert-OH is 2. The number of aliphatic hydroxyl groups is 2. The van der Waals surface area contributed by atoms with Crippen molar-refractivity contribution in [2.75, 3.05) is 13.2 Å². The molecule has 0 heterocycles. The number of aliphatic carboxylic acids is 1. The number of nitrogens with two attached hydrogens (primary N) is 3. The van der Waals surface area contributed by atoms with E-state index in [1.54, 1.807) is 0 Å². The molecule has 3 amide bonds. The molecule has 172 valence electrons. The van der Waals surface area contributed by atoms with Crippen LogP contribution in [-0.2, 0) is 19.2 Å².